The molecular weight excluding hydrogens is 262 g/mol. The molecule has 0 spiro atoms. The Morgan fingerprint density at radius 3 is 2.81 bits per heavy atom. The van der Waals surface area contributed by atoms with E-state index in [0.29, 0.717) is 30.0 Å². The second-order valence-electron chi connectivity index (χ2n) is 8.31. The fraction of sp³-hybridized carbons (Fsp3) is 0.778. The van der Waals surface area contributed by atoms with Crippen molar-refractivity contribution >= 4 is 11.6 Å². The van der Waals surface area contributed by atoms with Gasteiger partial charge in [-0.15, -0.1) is 0 Å². The monoisotopic (exact) mass is 287 g/mol. The van der Waals surface area contributed by atoms with Crippen LogP contribution in [0.3, 0.4) is 0 Å². The minimum Gasteiger partial charge on any atom is -0.387 e. The molecule has 114 valence electrons. The number of nitrogens with one attached hydrogen (secondary N) is 1. The molecule has 4 aliphatic rings. The molecule has 1 aliphatic heterocycles. The van der Waals surface area contributed by atoms with Crippen LogP contribution in [0.25, 0.3) is 0 Å². The van der Waals surface area contributed by atoms with Crippen LogP contribution < -0.4 is 5.32 Å². The van der Waals surface area contributed by atoms with Crippen molar-refractivity contribution < 1.29 is 9.59 Å². The molecule has 21 heavy (non-hydrogen) atoms. The van der Waals surface area contributed by atoms with Crippen molar-refractivity contribution in [3.8, 4) is 0 Å². The Labute approximate surface area is 126 Å². The van der Waals surface area contributed by atoms with Crippen LogP contribution >= 0.6 is 0 Å². The normalized spacial score (nSPS) is 48.9. The fourth-order valence-electron chi connectivity index (χ4n) is 5.92. The minimum absolute atomic E-state index is 0.129. The zero-order valence-corrected chi connectivity index (χ0v) is 13.1. The molecule has 5 atom stereocenters. The van der Waals surface area contributed by atoms with E-state index in [1.807, 2.05) is 6.08 Å². The summed E-state index contributed by atoms with van der Waals surface area (Å²) in [5, 5.41) is 3.56. The lowest BCUT2D eigenvalue weighted by Crippen LogP contribution is -2.56. The molecular formula is C18H25NO2. The summed E-state index contributed by atoms with van der Waals surface area (Å²) in [5.74, 6) is 2.53. The van der Waals surface area contributed by atoms with Crippen molar-refractivity contribution in [2.24, 2.45) is 28.6 Å². The highest BCUT2D eigenvalue weighted by atomic mass is 16.1. The average Bonchev–Trinajstić information content (AvgIpc) is 2.74. The van der Waals surface area contributed by atoms with Gasteiger partial charge in [-0.3, -0.25) is 9.59 Å². The van der Waals surface area contributed by atoms with Gasteiger partial charge in [0.2, 0.25) is 0 Å². The van der Waals surface area contributed by atoms with Crippen molar-refractivity contribution in [3.63, 3.8) is 0 Å². The van der Waals surface area contributed by atoms with Gasteiger partial charge in [-0.05, 0) is 42.4 Å². The third-order valence-electron chi connectivity index (χ3n) is 7.16. The Morgan fingerprint density at radius 2 is 2.00 bits per heavy atom. The predicted octanol–water partition coefficient (Wildman–Crippen LogP) is 2.85. The summed E-state index contributed by atoms with van der Waals surface area (Å²) >= 11 is 0. The van der Waals surface area contributed by atoms with E-state index in [0.717, 1.165) is 25.8 Å². The molecule has 3 aliphatic carbocycles. The van der Waals surface area contributed by atoms with Gasteiger partial charge >= 0.3 is 0 Å². The van der Waals surface area contributed by atoms with E-state index >= 15 is 0 Å². The van der Waals surface area contributed by atoms with Gasteiger partial charge in [0, 0.05) is 43.0 Å². The van der Waals surface area contributed by atoms with Crippen LogP contribution in [0.2, 0.25) is 0 Å². The van der Waals surface area contributed by atoms with Gasteiger partial charge in [0.15, 0.2) is 5.78 Å². The van der Waals surface area contributed by atoms with E-state index in [4.69, 9.17) is 0 Å². The number of allylic oxidation sites excluding steroid dienone is 2. The van der Waals surface area contributed by atoms with Gasteiger partial charge in [-0.25, -0.2) is 0 Å². The Kier molecular flexibility index (Phi) is 2.71. The summed E-state index contributed by atoms with van der Waals surface area (Å²) in [6, 6.07) is 0. The molecule has 3 heteroatoms. The first kappa shape index (κ1) is 13.5. The molecule has 1 N–H and O–H groups in total. The van der Waals surface area contributed by atoms with Crippen LogP contribution in [0.5, 0.6) is 0 Å². The molecule has 0 aromatic rings. The maximum absolute atomic E-state index is 12.0. The zero-order chi connectivity index (χ0) is 14.8. The van der Waals surface area contributed by atoms with E-state index in [9.17, 15) is 9.59 Å². The molecule has 0 unspecified atom stereocenters. The maximum Gasteiger partial charge on any atom is 0.157 e. The summed E-state index contributed by atoms with van der Waals surface area (Å²) in [6.07, 6.45) is 7.49. The molecule has 0 amide bonds. The molecule has 0 aromatic carbocycles. The van der Waals surface area contributed by atoms with Gasteiger partial charge in [0.25, 0.3) is 0 Å². The Balaban J connectivity index is 1.70. The van der Waals surface area contributed by atoms with E-state index in [1.54, 1.807) is 0 Å². The highest BCUT2D eigenvalue weighted by molar-refractivity contribution is 5.91. The molecule has 3 fully saturated rings. The Morgan fingerprint density at radius 1 is 1.19 bits per heavy atom. The van der Waals surface area contributed by atoms with E-state index in [1.165, 1.54) is 18.5 Å². The van der Waals surface area contributed by atoms with Gasteiger partial charge in [-0.1, -0.05) is 13.8 Å². The third-order valence-corrected chi connectivity index (χ3v) is 7.16. The summed E-state index contributed by atoms with van der Waals surface area (Å²) in [7, 11) is 0. The average molecular weight is 287 g/mol. The molecule has 0 radical (unpaired) electrons. The van der Waals surface area contributed by atoms with Gasteiger partial charge in [0.1, 0.15) is 5.78 Å². The van der Waals surface area contributed by atoms with Crippen molar-refractivity contribution in [1.82, 2.24) is 5.32 Å². The SMILES string of the molecule is C[C@]12CC[C@H]3[C@@H](CNC4=CC(=O)CC[C@@]43C)[C@@H]1CC(=O)C2. The molecule has 0 bridgehead atoms. The number of carbonyl (C=O) groups excluding carboxylic acids is 2. The van der Waals surface area contributed by atoms with Crippen LogP contribution in [-0.4, -0.2) is 18.1 Å². The molecule has 0 aromatic heterocycles. The van der Waals surface area contributed by atoms with E-state index in [-0.39, 0.29) is 16.6 Å². The molecule has 3 nitrogen and oxygen atoms in total. The minimum atomic E-state index is 0.129. The lowest BCUT2D eigenvalue weighted by atomic mass is 9.51. The summed E-state index contributed by atoms with van der Waals surface area (Å²) in [6.45, 7) is 5.62. The number of fused-ring (bicyclic) bond motifs is 5. The van der Waals surface area contributed by atoms with Crippen LogP contribution in [0.4, 0.5) is 0 Å². The van der Waals surface area contributed by atoms with Crippen LogP contribution in [0, 0.1) is 28.6 Å². The molecule has 2 saturated carbocycles. The van der Waals surface area contributed by atoms with Crippen molar-refractivity contribution in [2.45, 2.75) is 52.4 Å². The topological polar surface area (TPSA) is 46.2 Å². The Bertz CT molecular complexity index is 551. The van der Waals surface area contributed by atoms with Crippen molar-refractivity contribution in [2.75, 3.05) is 6.54 Å². The number of ketones is 2. The van der Waals surface area contributed by atoms with Gasteiger partial charge in [-0.2, -0.15) is 0 Å². The number of piperidine rings is 1. The number of Topliss-reactive ketones (excluding diaryl/α,β-unsaturated/α-hetero) is 1. The maximum atomic E-state index is 12.0. The van der Waals surface area contributed by atoms with Crippen LogP contribution in [0.15, 0.2) is 11.8 Å². The third kappa shape index (κ3) is 1.79. The standard InChI is InChI=1S/C18H25NO2/c1-17-5-4-14-13(15(17)7-12(21)9-17)10-19-16-8-11(20)3-6-18(14,16)2/h8,13-15,19H,3-7,9-10H2,1-2H3/t13-,14+,15+,17-,18-/m1/s1. The lowest BCUT2D eigenvalue weighted by molar-refractivity contribution is -0.118. The number of hydrogen-bond acceptors (Lipinski definition) is 3. The smallest absolute Gasteiger partial charge is 0.157 e. The first-order valence-corrected chi connectivity index (χ1v) is 8.43. The molecule has 1 saturated heterocycles. The first-order chi connectivity index (χ1) is 9.92. The Hall–Kier alpha value is -1.12. The summed E-state index contributed by atoms with van der Waals surface area (Å²) in [5.41, 5.74) is 1.54. The molecule has 4 rings (SSSR count). The lowest BCUT2D eigenvalue weighted by Gasteiger charge is -2.57. The first-order valence-electron chi connectivity index (χ1n) is 8.43. The van der Waals surface area contributed by atoms with E-state index < -0.39 is 0 Å². The largest absolute Gasteiger partial charge is 0.387 e. The fourth-order valence-corrected chi connectivity index (χ4v) is 5.92. The zero-order valence-electron chi connectivity index (χ0n) is 13.1. The van der Waals surface area contributed by atoms with E-state index in [2.05, 4.69) is 19.2 Å². The number of hydrogen-bond donors (Lipinski definition) is 1. The van der Waals surface area contributed by atoms with Crippen molar-refractivity contribution in [3.05, 3.63) is 11.8 Å². The molecule has 1 heterocycles. The summed E-state index contributed by atoms with van der Waals surface area (Å²) in [4.78, 5) is 23.8. The van der Waals surface area contributed by atoms with Gasteiger partial charge < -0.3 is 5.32 Å². The second-order valence-corrected chi connectivity index (χ2v) is 8.31. The van der Waals surface area contributed by atoms with Gasteiger partial charge in [0.05, 0.1) is 0 Å². The van der Waals surface area contributed by atoms with Crippen LogP contribution in [0.1, 0.15) is 52.4 Å². The highest BCUT2D eigenvalue weighted by Crippen LogP contribution is 2.61. The van der Waals surface area contributed by atoms with Crippen molar-refractivity contribution in [1.29, 1.82) is 0 Å². The van der Waals surface area contributed by atoms with Crippen LogP contribution in [-0.2, 0) is 9.59 Å². The quantitative estimate of drug-likeness (QED) is 0.745. The highest BCUT2D eigenvalue weighted by Gasteiger charge is 2.57. The number of rotatable bonds is 0. The predicted molar refractivity (Wildman–Crippen MR) is 80.5 cm³/mol. The number of carbonyl (C=O) groups is 2. The second kappa shape index (κ2) is 4.21. The summed E-state index contributed by atoms with van der Waals surface area (Å²) < 4.78 is 0.